The van der Waals surface area contributed by atoms with Crippen LogP contribution in [0.4, 0.5) is 0 Å². The van der Waals surface area contributed by atoms with Gasteiger partial charge in [-0.1, -0.05) is 60.9 Å². The van der Waals surface area contributed by atoms with E-state index in [-0.39, 0.29) is 5.51 Å². The summed E-state index contributed by atoms with van der Waals surface area (Å²) in [6, 6.07) is 10.4. The van der Waals surface area contributed by atoms with Gasteiger partial charge in [0.05, 0.1) is 1.37 Å². The Labute approximate surface area is 99.4 Å². The van der Waals surface area contributed by atoms with Crippen LogP contribution < -0.4 is 0 Å². The molecule has 0 aliphatic rings. The maximum Gasteiger partial charge on any atom is 0.0754 e. The number of halogens is 1. The quantitative estimate of drug-likeness (QED) is 0.642. The van der Waals surface area contributed by atoms with E-state index in [9.17, 15) is 0 Å². The highest BCUT2D eigenvalue weighted by molar-refractivity contribution is 6.25. The fourth-order valence-corrected chi connectivity index (χ4v) is 1.74. The van der Waals surface area contributed by atoms with Crippen LogP contribution in [0.2, 0.25) is 0 Å². The van der Waals surface area contributed by atoms with E-state index >= 15 is 0 Å². The second kappa shape index (κ2) is 7.53. The molecule has 0 saturated heterocycles. The standard InChI is InChI=1S/C14H19Cl/c1-2-3-7-14(12-15)11-10-13-8-5-4-6-9-13/h4-6,8-9,12H,2-3,7,10-11H2,1H3/b14-12-/i12D. The zero-order chi connectivity index (χ0) is 11.8. The van der Waals surface area contributed by atoms with Crippen molar-refractivity contribution in [1.82, 2.24) is 0 Å². The molecule has 0 radical (unpaired) electrons. The number of allylic oxidation sites excluding steroid dienone is 1. The molecule has 0 fully saturated rings. The van der Waals surface area contributed by atoms with Crippen LogP contribution in [0, 0.1) is 0 Å². The van der Waals surface area contributed by atoms with E-state index in [1.54, 1.807) is 0 Å². The Kier molecular flexibility index (Phi) is 5.40. The molecular formula is C14H19Cl. The fraction of sp³-hybridized carbons (Fsp3) is 0.429. The highest BCUT2D eigenvalue weighted by Crippen LogP contribution is 2.16. The van der Waals surface area contributed by atoms with Crippen LogP contribution in [0.1, 0.15) is 39.5 Å². The highest BCUT2D eigenvalue weighted by atomic mass is 35.5. The Bertz CT molecular complexity index is 326. The lowest BCUT2D eigenvalue weighted by atomic mass is 10.0. The number of benzene rings is 1. The van der Waals surface area contributed by atoms with Crippen LogP contribution in [0.25, 0.3) is 0 Å². The molecule has 1 aromatic carbocycles. The van der Waals surface area contributed by atoms with Gasteiger partial charge in [0.1, 0.15) is 0 Å². The van der Waals surface area contributed by atoms with Crippen molar-refractivity contribution in [2.75, 3.05) is 0 Å². The van der Waals surface area contributed by atoms with Crippen LogP contribution in [-0.2, 0) is 6.42 Å². The molecule has 1 heteroatoms. The topological polar surface area (TPSA) is 0 Å². The Morgan fingerprint density at radius 1 is 1.33 bits per heavy atom. The van der Waals surface area contributed by atoms with Crippen LogP contribution in [-0.4, -0.2) is 0 Å². The van der Waals surface area contributed by atoms with Gasteiger partial charge in [-0.3, -0.25) is 0 Å². The molecule has 0 aliphatic carbocycles. The molecular weight excluding hydrogens is 204 g/mol. The molecule has 0 N–H and O–H groups in total. The first-order chi connectivity index (χ1) is 7.74. The monoisotopic (exact) mass is 223 g/mol. The Morgan fingerprint density at radius 3 is 2.67 bits per heavy atom. The van der Waals surface area contributed by atoms with Gasteiger partial charge >= 0.3 is 0 Å². The number of rotatable bonds is 6. The highest BCUT2D eigenvalue weighted by Gasteiger charge is 1.98. The Balaban J connectivity index is 2.48. The van der Waals surface area contributed by atoms with Crippen LogP contribution in [0.3, 0.4) is 0 Å². The van der Waals surface area contributed by atoms with E-state index in [1.165, 1.54) is 5.56 Å². The minimum Gasteiger partial charge on any atom is -0.0930 e. The summed E-state index contributed by atoms with van der Waals surface area (Å²) in [4.78, 5) is 0. The summed E-state index contributed by atoms with van der Waals surface area (Å²) < 4.78 is 7.52. The zero-order valence-electron chi connectivity index (χ0n) is 10.3. The SMILES string of the molecule is [2H]/C(Cl)=C(\CCCC)CCc1ccccc1. The van der Waals surface area contributed by atoms with E-state index in [0.717, 1.165) is 37.7 Å². The van der Waals surface area contributed by atoms with Gasteiger partial charge in [0.2, 0.25) is 0 Å². The smallest absolute Gasteiger partial charge is 0.0754 e. The average molecular weight is 224 g/mol. The molecule has 0 unspecified atom stereocenters. The van der Waals surface area contributed by atoms with Crippen LogP contribution in [0.5, 0.6) is 0 Å². The molecule has 15 heavy (non-hydrogen) atoms. The average Bonchev–Trinajstić information content (AvgIpc) is 2.30. The maximum absolute atomic E-state index is 7.52. The second-order valence-corrected chi connectivity index (χ2v) is 3.98. The summed E-state index contributed by atoms with van der Waals surface area (Å²) >= 11 is 5.79. The van der Waals surface area contributed by atoms with E-state index in [0.29, 0.717) is 0 Å². The molecule has 0 nitrogen and oxygen atoms in total. The molecule has 0 atom stereocenters. The molecule has 1 aromatic rings. The summed E-state index contributed by atoms with van der Waals surface area (Å²) in [5.74, 6) is 0. The van der Waals surface area contributed by atoms with Crippen molar-refractivity contribution in [1.29, 1.82) is 0 Å². The summed E-state index contributed by atoms with van der Waals surface area (Å²) in [5, 5.41) is 0. The van der Waals surface area contributed by atoms with E-state index < -0.39 is 0 Å². The van der Waals surface area contributed by atoms with Gasteiger partial charge in [-0.05, 0) is 31.2 Å². The van der Waals surface area contributed by atoms with Gasteiger partial charge in [-0.15, -0.1) is 0 Å². The first kappa shape index (κ1) is 10.8. The van der Waals surface area contributed by atoms with Crippen molar-refractivity contribution in [3.05, 3.63) is 47.0 Å². The third kappa shape index (κ3) is 5.03. The first-order valence-electron chi connectivity index (χ1n) is 6.12. The van der Waals surface area contributed by atoms with Gasteiger partial charge in [0.15, 0.2) is 0 Å². The first-order valence-corrected chi connectivity index (χ1v) is 6.00. The Hall–Kier alpha value is -0.750. The zero-order valence-corrected chi connectivity index (χ0v) is 10.1. The van der Waals surface area contributed by atoms with Crippen molar-refractivity contribution >= 4 is 11.6 Å². The van der Waals surface area contributed by atoms with E-state index in [2.05, 4.69) is 19.1 Å². The molecule has 0 aromatic heterocycles. The van der Waals surface area contributed by atoms with Crippen LogP contribution >= 0.6 is 11.6 Å². The van der Waals surface area contributed by atoms with Gasteiger partial charge in [0, 0.05) is 5.51 Å². The summed E-state index contributed by atoms with van der Waals surface area (Å²) in [5.41, 5.74) is 2.64. The largest absolute Gasteiger partial charge is 0.0930 e. The van der Waals surface area contributed by atoms with Crippen molar-refractivity contribution in [3.8, 4) is 0 Å². The number of hydrogen-bond acceptors (Lipinski definition) is 0. The molecule has 0 amide bonds. The van der Waals surface area contributed by atoms with Crippen molar-refractivity contribution in [2.24, 2.45) is 0 Å². The molecule has 0 saturated carbocycles. The lowest BCUT2D eigenvalue weighted by Gasteiger charge is -2.05. The summed E-state index contributed by atoms with van der Waals surface area (Å²) in [6.45, 7) is 2.16. The molecule has 0 bridgehead atoms. The van der Waals surface area contributed by atoms with Gasteiger partial charge in [-0.2, -0.15) is 0 Å². The minimum absolute atomic E-state index is 0.240. The van der Waals surface area contributed by atoms with Crippen molar-refractivity contribution in [3.63, 3.8) is 0 Å². The molecule has 0 aliphatic heterocycles. The number of unbranched alkanes of at least 4 members (excludes halogenated alkanes) is 1. The molecule has 0 heterocycles. The third-order valence-corrected chi connectivity index (χ3v) is 2.79. The van der Waals surface area contributed by atoms with Crippen molar-refractivity contribution < 1.29 is 1.37 Å². The fourth-order valence-electron chi connectivity index (χ4n) is 1.55. The second-order valence-electron chi connectivity index (χ2n) is 3.79. The normalized spacial score (nSPS) is 13.3. The third-order valence-electron chi connectivity index (χ3n) is 2.52. The summed E-state index contributed by atoms with van der Waals surface area (Å²) in [6.07, 6.45) is 5.13. The minimum atomic E-state index is 0.240. The van der Waals surface area contributed by atoms with Crippen LogP contribution in [0.15, 0.2) is 41.4 Å². The predicted octanol–water partition coefficient (Wildman–Crippen LogP) is 4.93. The molecule has 1 rings (SSSR count). The lowest BCUT2D eigenvalue weighted by molar-refractivity contribution is 0.751. The maximum atomic E-state index is 7.52. The Morgan fingerprint density at radius 2 is 2.07 bits per heavy atom. The molecule has 0 spiro atoms. The predicted molar refractivity (Wildman–Crippen MR) is 68.2 cm³/mol. The van der Waals surface area contributed by atoms with Crippen molar-refractivity contribution in [2.45, 2.75) is 39.0 Å². The van der Waals surface area contributed by atoms with Gasteiger partial charge in [-0.25, -0.2) is 0 Å². The number of hydrogen-bond donors (Lipinski definition) is 0. The van der Waals surface area contributed by atoms with E-state index in [4.69, 9.17) is 13.0 Å². The lowest BCUT2D eigenvalue weighted by Crippen LogP contribution is -1.89. The number of aryl methyl sites for hydroxylation is 1. The van der Waals surface area contributed by atoms with E-state index in [1.807, 2.05) is 18.2 Å². The summed E-state index contributed by atoms with van der Waals surface area (Å²) in [7, 11) is 0. The van der Waals surface area contributed by atoms with Gasteiger partial charge < -0.3 is 0 Å². The van der Waals surface area contributed by atoms with Gasteiger partial charge in [0.25, 0.3) is 0 Å². The molecule has 82 valence electrons.